The van der Waals surface area contributed by atoms with Crippen LogP contribution in [0.2, 0.25) is 0 Å². The second-order valence-corrected chi connectivity index (χ2v) is 7.49. The summed E-state index contributed by atoms with van der Waals surface area (Å²) >= 11 is 0. The largest absolute Gasteiger partial charge is 0.483 e. The molecule has 2 N–H and O–H groups in total. The number of rotatable bonds is 5. The molecule has 0 spiro atoms. The Kier molecular flexibility index (Phi) is 4.70. The lowest BCUT2D eigenvalue weighted by atomic mass is 10.1. The Morgan fingerprint density at radius 2 is 2.14 bits per heavy atom. The molecule has 7 nitrogen and oxygen atoms in total. The van der Waals surface area contributed by atoms with Crippen LogP contribution in [0.4, 0.5) is 0 Å². The van der Waals surface area contributed by atoms with E-state index in [-0.39, 0.29) is 29.4 Å². The predicted octanol–water partition coefficient (Wildman–Crippen LogP) is 0.375. The summed E-state index contributed by atoms with van der Waals surface area (Å²) in [4.78, 5) is 22.9. The molecule has 0 saturated carbocycles. The highest BCUT2D eigenvalue weighted by Gasteiger charge is 2.29. The molecule has 0 bridgehead atoms. The van der Waals surface area contributed by atoms with Crippen molar-refractivity contribution in [1.29, 1.82) is 0 Å². The first-order valence-corrected chi connectivity index (χ1v) is 8.55. The van der Waals surface area contributed by atoms with Gasteiger partial charge in [-0.1, -0.05) is 6.07 Å². The van der Waals surface area contributed by atoms with E-state index in [9.17, 15) is 18.0 Å². The molecule has 2 rings (SSSR count). The van der Waals surface area contributed by atoms with Crippen LogP contribution < -0.4 is 10.1 Å². The van der Waals surface area contributed by atoms with Gasteiger partial charge in [-0.25, -0.2) is 13.2 Å². The maximum atomic E-state index is 11.8. The summed E-state index contributed by atoms with van der Waals surface area (Å²) in [5, 5.41) is 11.6. The molecule has 1 aromatic rings. The lowest BCUT2D eigenvalue weighted by Crippen LogP contribution is -2.38. The van der Waals surface area contributed by atoms with Gasteiger partial charge in [-0.05, 0) is 31.0 Å². The molecular weight excluding hydrogens is 310 g/mol. The summed E-state index contributed by atoms with van der Waals surface area (Å²) in [6.07, 6.45) is 0.388. The maximum Gasteiger partial charge on any atom is 0.339 e. The zero-order valence-corrected chi connectivity index (χ0v) is 12.9. The predicted molar refractivity (Wildman–Crippen MR) is 78.8 cm³/mol. The van der Waals surface area contributed by atoms with Crippen LogP contribution in [-0.4, -0.2) is 49.6 Å². The number of sulfone groups is 1. The van der Waals surface area contributed by atoms with E-state index in [1.54, 1.807) is 13.0 Å². The number of carboxylic acids is 1. The quantitative estimate of drug-likeness (QED) is 0.809. The molecule has 8 heteroatoms. The first-order valence-electron chi connectivity index (χ1n) is 6.73. The van der Waals surface area contributed by atoms with Gasteiger partial charge < -0.3 is 15.2 Å². The van der Waals surface area contributed by atoms with E-state index in [4.69, 9.17) is 9.84 Å². The molecule has 1 aliphatic heterocycles. The van der Waals surface area contributed by atoms with Crippen molar-refractivity contribution in [1.82, 2.24) is 5.32 Å². The molecule has 0 aromatic heterocycles. The number of aryl methyl sites for hydroxylation is 1. The number of aromatic carboxylic acids is 1. The van der Waals surface area contributed by atoms with Crippen LogP contribution in [0.1, 0.15) is 22.3 Å². The third-order valence-electron chi connectivity index (χ3n) is 3.32. The minimum Gasteiger partial charge on any atom is -0.483 e. The summed E-state index contributed by atoms with van der Waals surface area (Å²) in [6, 6.07) is 4.18. The van der Waals surface area contributed by atoms with Gasteiger partial charge in [0.25, 0.3) is 5.91 Å². The Morgan fingerprint density at radius 3 is 2.73 bits per heavy atom. The van der Waals surface area contributed by atoms with Gasteiger partial charge in [0.1, 0.15) is 11.3 Å². The monoisotopic (exact) mass is 327 g/mol. The van der Waals surface area contributed by atoms with Crippen molar-refractivity contribution in [2.45, 2.75) is 19.4 Å². The first kappa shape index (κ1) is 16.3. The van der Waals surface area contributed by atoms with Crippen LogP contribution in [0.25, 0.3) is 0 Å². The molecular formula is C14H17NO6S. The van der Waals surface area contributed by atoms with Gasteiger partial charge in [-0.3, -0.25) is 4.79 Å². The average molecular weight is 327 g/mol. The number of carbonyl (C=O) groups excluding carboxylic acids is 1. The highest BCUT2D eigenvalue weighted by Crippen LogP contribution is 2.20. The number of amides is 1. The summed E-state index contributed by atoms with van der Waals surface area (Å²) in [7, 11) is -3.07. The van der Waals surface area contributed by atoms with Crippen molar-refractivity contribution in [3.8, 4) is 5.75 Å². The summed E-state index contributed by atoms with van der Waals surface area (Å²) in [5.41, 5.74) is 0.782. The van der Waals surface area contributed by atoms with Gasteiger partial charge >= 0.3 is 5.97 Å². The van der Waals surface area contributed by atoms with E-state index in [1.807, 2.05) is 0 Å². The Morgan fingerprint density at radius 1 is 1.41 bits per heavy atom. The number of carboxylic acid groups (broad SMARTS) is 1. The maximum absolute atomic E-state index is 11.8. The molecule has 1 heterocycles. The smallest absolute Gasteiger partial charge is 0.339 e. The molecule has 1 aromatic carbocycles. The zero-order valence-electron chi connectivity index (χ0n) is 12.0. The number of carbonyl (C=O) groups is 2. The number of hydrogen-bond donors (Lipinski definition) is 2. The summed E-state index contributed by atoms with van der Waals surface area (Å²) in [5.74, 6) is -1.50. The molecule has 0 radical (unpaired) electrons. The Balaban J connectivity index is 1.94. The molecule has 0 aliphatic carbocycles. The van der Waals surface area contributed by atoms with E-state index >= 15 is 0 Å². The Bertz CT molecular complexity index is 697. The fraction of sp³-hybridized carbons (Fsp3) is 0.429. The van der Waals surface area contributed by atoms with Crippen LogP contribution in [0, 0.1) is 6.92 Å². The fourth-order valence-electron chi connectivity index (χ4n) is 2.25. The van der Waals surface area contributed by atoms with Crippen molar-refractivity contribution in [3.63, 3.8) is 0 Å². The lowest BCUT2D eigenvalue weighted by Gasteiger charge is -2.13. The van der Waals surface area contributed by atoms with Crippen molar-refractivity contribution in [2.24, 2.45) is 0 Å². The first-order chi connectivity index (χ1) is 10.3. The van der Waals surface area contributed by atoms with Gasteiger partial charge in [0, 0.05) is 6.04 Å². The van der Waals surface area contributed by atoms with E-state index in [1.165, 1.54) is 12.1 Å². The fourth-order valence-corrected chi connectivity index (χ4v) is 3.92. The number of ether oxygens (including phenoxy) is 1. The van der Waals surface area contributed by atoms with Crippen LogP contribution in [0.15, 0.2) is 18.2 Å². The van der Waals surface area contributed by atoms with Crippen LogP contribution in [-0.2, 0) is 14.6 Å². The molecule has 1 saturated heterocycles. The summed E-state index contributed by atoms with van der Waals surface area (Å²) < 4.78 is 27.9. The average Bonchev–Trinajstić information content (AvgIpc) is 2.75. The topological polar surface area (TPSA) is 110 Å². The standard InChI is InChI=1S/C14H17NO6S/c1-9-2-3-11(14(17)18)12(6-9)21-7-13(16)15-10-4-5-22(19,20)8-10/h2-3,6,10H,4-5,7-8H2,1H3,(H,15,16)(H,17,18)/t10-/m1/s1. The van der Waals surface area contributed by atoms with Gasteiger partial charge in [0.05, 0.1) is 11.5 Å². The summed E-state index contributed by atoms with van der Waals surface area (Å²) in [6.45, 7) is 1.42. The number of hydrogen-bond acceptors (Lipinski definition) is 5. The minimum atomic E-state index is -3.07. The van der Waals surface area contributed by atoms with Crippen molar-refractivity contribution >= 4 is 21.7 Å². The second kappa shape index (κ2) is 6.35. The molecule has 120 valence electrons. The van der Waals surface area contributed by atoms with E-state index in [0.29, 0.717) is 6.42 Å². The molecule has 1 amide bonds. The number of nitrogens with one attached hydrogen (secondary N) is 1. The second-order valence-electron chi connectivity index (χ2n) is 5.26. The molecule has 0 unspecified atom stereocenters. The minimum absolute atomic E-state index is 0.0261. The van der Waals surface area contributed by atoms with Crippen LogP contribution in [0.3, 0.4) is 0 Å². The third kappa shape index (κ3) is 4.20. The lowest BCUT2D eigenvalue weighted by molar-refractivity contribution is -0.123. The highest BCUT2D eigenvalue weighted by molar-refractivity contribution is 7.91. The van der Waals surface area contributed by atoms with Crippen molar-refractivity contribution in [3.05, 3.63) is 29.3 Å². The molecule has 1 atom stereocenters. The third-order valence-corrected chi connectivity index (χ3v) is 5.09. The van der Waals surface area contributed by atoms with E-state index < -0.39 is 27.8 Å². The van der Waals surface area contributed by atoms with Crippen LogP contribution in [0.5, 0.6) is 5.75 Å². The molecule has 1 aliphatic rings. The van der Waals surface area contributed by atoms with Gasteiger partial charge in [-0.15, -0.1) is 0 Å². The Labute approximate surface area is 128 Å². The SMILES string of the molecule is Cc1ccc(C(=O)O)c(OCC(=O)N[C@@H]2CCS(=O)(=O)C2)c1. The van der Waals surface area contributed by atoms with Crippen molar-refractivity contribution < 1.29 is 27.9 Å². The van der Waals surface area contributed by atoms with E-state index in [2.05, 4.69) is 5.32 Å². The van der Waals surface area contributed by atoms with Gasteiger partial charge in [0.15, 0.2) is 16.4 Å². The zero-order chi connectivity index (χ0) is 16.3. The van der Waals surface area contributed by atoms with Crippen molar-refractivity contribution in [2.75, 3.05) is 18.1 Å². The highest BCUT2D eigenvalue weighted by atomic mass is 32.2. The molecule has 22 heavy (non-hydrogen) atoms. The molecule has 1 fully saturated rings. The normalized spacial score (nSPS) is 19.6. The van der Waals surface area contributed by atoms with E-state index in [0.717, 1.165) is 5.56 Å². The van der Waals surface area contributed by atoms with Gasteiger partial charge in [0.2, 0.25) is 0 Å². The van der Waals surface area contributed by atoms with Gasteiger partial charge in [-0.2, -0.15) is 0 Å². The Hall–Kier alpha value is -2.09. The van der Waals surface area contributed by atoms with Crippen LogP contribution >= 0.6 is 0 Å². The number of benzene rings is 1.